The first-order valence-electron chi connectivity index (χ1n) is 2.75. The van der Waals surface area contributed by atoms with E-state index in [2.05, 4.69) is 13.8 Å². The first-order chi connectivity index (χ1) is 5.08. The highest BCUT2D eigenvalue weighted by Crippen LogP contribution is 2.48. The van der Waals surface area contributed by atoms with E-state index >= 15 is 0 Å². The third-order valence-corrected chi connectivity index (χ3v) is 2.54. The van der Waals surface area contributed by atoms with Crippen molar-refractivity contribution in [3.8, 4) is 0 Å². The molecule has 11 heavy (non-hydrogen) atoms. The van der Waals surface area contributed by atoms with Crippen LogP contribution in [-0.2, 0) is 18.3 Å². The van der Waals surface area contributed by atoms with Gasteiger partial charge in [0.25, 0.3) is 5.95 Å². The summed E-state index contributed by atoms with van der Waals surface area (Å²) in [6, 6.07) is 0. The third-order valence-electron chi connectivity index (χ3n) is 0.987. The van der Waals surface area contributed by atoms with Crippen LogP contribution in [0.5, 0.6) is 0 Å². The van der Waals surface area contributed by atoms with E-state index in [4.69, 9.17) is 5.11 Å². The van der Waals surface area contributed by atoms with E-state index in [1.165, 1.54) is 21.3 Å². The van der Waals surface area contributed by atoms with Gasteiger partial charge in [-0.3, -0.25) is 4.57 Å². The number of rotatable bonds is 4. The molecule has 0 aliphatic carbocycles. The lowest BCUT2D eigenvalue weighted by Crippen LogP contribution is -1.88. The Morgan fingerprint density at radius 1 is 1.36 bits per heavy atom. The largest absolute Gasteiger partial charge is 0.481 e. The fourth-order valence-electron chi connectivity index (χ4n) is 0.368. The van der Waals surface area contributed by atoms with Gasteiger partial charge in [0.15, 0.2) is 0 Å². The van der Waals surface area contributed by atoms with Crippen LogP contribution in [0.1, 0.15) is 0 Å². The quantitative estimate of drug-likeness (QED) is 0.526. The van der Waals surface area contributed by atoms with Crippen LogP contribution < -0.4 is 0 Å². The molecule has 0 rings (SSSR count). The summed E-state index contributed by atoms with van der Waals surface area (Å²) in [7, 11) is 0.371. The van der Waals surface area contributed by atoms with Crippen LogP contribution in [0, 0.1) is 0 Å². The Bertz CT molecular complexity index is 179. The smallest absolute Gasteiger partial charge is 0.360 e. The van der Waals surface area contributed by atoms with Gasteiger partial charge in [0.05, 0.1) is 7.11 Å². The first-order valence-corrected chi connectivity index (χ1v) is 4.36. The van der Waals surface area contributed by atoms with Crippen molar-refractivity contribution in [1.29, 1.82) is 0 Å². The molecule has 5 nitrogen and oxygen atoms in total. The maximum atomic E-state index is 11.2. The molecule has 0 amide bonds. The Morgan fingerprint density at radius 2 is 1.82 bits per heavy atom. The van der Waals surface area contributed by atoms with Crippen LogP contribution in [0.2, 0.25) is 0 Å². The minimum atomic E-state index is -3.29. The highest BCUT2D eigenvalue weighted by Gasteiger charge is 2.18. The summed E-state index contributed by atoms with van der Waals surface area (Å²) in [4.78, 5) is 0. The van der Waals surface area contributed by atoms with Gasteiger partial charge in [-0.15, -0.1) is 0 Å². The molecule has 0 aliphatic heterocycles. The number of methoxy groups -OCH3 is 1. The minimum Gasteiger partial charge on any atom is -0.481 e. The second-order valence-corrected chi connectivity index (χ2v) is 3.64. The Kier molecular flexibility index (Phi) is 4.18. The van der Waals surface area contributed by atoms with Crippen LogP contribution in [0.25, 0.3) is 0 Å². The summed E-state index contributed by atoms with van der Waals surface area (Å²) < 4.78 is 24.4. The maximum Gasteiger partial charge on any atom is 0.360 e. The fourth-order valence-corrected chi connectivity index (χ4v) is 1.10. The number of aliphatic hydroxyl groups is 1. The topological polar surface area (TPSA) is 65.0 Å². The second kappa shape index (κ2) is 4.38. The highest BCUT2D eigenvalue weighted by molar-refractivity contribution is 7.57. The predicted octanol–water partition coefficient (Wildman–Crippen LogP) is 1.48. The molecule has 0 unspecified atom stereocenters. The van der Waals surface area contributed by atoms with Gasteiger partial charge in [-0.25, -0.2) is 0 Å². The summed E-state index contributed by atoms with van der Waals surface area (Å²) in [6.45, 7) is 0. The molecule has 0 bridgehead atoms. The lowest BCUT2D eigenvalue weighted by atomic mass is 11.0. The van der Waals surface area contributed by atoms with Crippen LogP contribution in [0.4, 0.5) is 0 Å². The van der Waals surface area contributed by atoms with Gasteiger partial charge in [0.1, 0.15) is 5.82 Å². The molecule has 0 aromatic carbocycles. The molecule has 66 valence electrons. The molecule has 0 aromatic heterocycles. The summed E-state index contributed by atoms with van der Waals surface area (Å²) in [6.07, 6.45) is 0. The molecular formula is C5H11O5P. The van der Waals surface area contributed by atoms with E-state index in [0.717, 1.165) is 5.82 Å². The van der Waals surface area contributed by atoms with Gasteiger partial charge in [0.2, 0.25) is 0 Å². The van der Waals surface area contributed by atoms with Crippen molar-refractivity contribution in [3.63, 3.8) is 0 Å². The Balaban J connectivity index is 4.42. The highest BCUT2D eigenvalue weighted by atomic mass is 31.2. The lowest BCUT2D eigenvalue weighted by molar-refractivity contribution is 0.135. The second-order valence-electron chi connectivity index (χ2n) is 1.58. The zero-order chi connectivity index (χ0) is 8.91. The molecule has 0 spiro atoms. The van der Waals surface area contributed by atoms with Crippen molar-refractivity contribution >= 4 is 7.60 Å². The molecule has 1 N–H and O–H groups in total. The fraction of sp³-hybridized carbons (Fsp3) is 0.600. The zero-order valence-electron chi connectivity index (χ0n) is 6.60. The SMILES string of the molecule is COC(O)=CP(=O)(OC)OC. The van der Waals surface area contributed by atoms with Crippen molar-refractivity contribution in [2.24, 2.45) is 0 Å². The molecule has 6 heteroatoms. The van der Waals surface area contributed by atoms with Crippen LogP contribution in [0.3, 0.4) is 0 Å². The van der Waals surface area contributed by atoms with E-state index in [1.54, 1.807) is 0 Å². The normalized spacial score (nSPS) is 13.2. The average molecular weight is 182 g/mol. The summed E-state index contributed by atoms with van der Waals surface area (Å²) in [5, 5.41) is 8.76. The predicted molar refractivity (Wildman–Crippen MR) is 39.3 cm³/mol. The lowest BCUT2D eigenvalue weighted by Gasteiger charge is -2.08. The van der Waals surface area contributed by atoms with Gasteiger partial charge >= 0.3 is 7.60 Å². The number of hydrogen-bond acceptors (Lipinski definition) is 5. The molecule has 0 saturated heterocycles. The van der Waals surface area contributed by atoms with Crippen LogP contribution in [0.15, 0.2) is 11.8 Å². The number of aliphatic hydroxyl groups excluding tert-OH is 1. The molecular weight excluding hydrogens is 171 g/mol. The summed E-state index contributed by atoms with van der Waals surface area (Å²) in [5.74, 6) is 0.393. The maximum absolute atomic E-state index is 11.2. The molecule has 0 atom stereocenters. The van der Waals surface area contributed by atoms with Gasteiger partial charge in [-0.2, -0.15) is 0 Å². The van der Waals surface area contributed by atoms with E-state index in [-0.39, 0.29) is 0 Å². The van der Waals surface area contributed by atoms with Crippen molar-refractivity contribution < 1.29 is 23.5 Å². The van der Waals surface area contributed by atoms with E-state index in [0.29, 0.717) is 0 Å². The van der Waals surface area contributed by atoms with E-state index in [9.17, 15) is 4.57 Å². The first kappa shape index (κ1) is 10.5. The Hall–Kier alpha value is -0.510. The van der Waals surface area contributed by atoms with Gasteiger partial charge in [-0.1, -0.05) is 0 Å². The summed E-state index contributed by atoms with van der Waals surface area (Å²) >= 11 is 0. The van der Waals surface area contributed by atoms with Gasteiger partial charge < -0.3 is 18.9 Å². The number of ether oxygens (including phenoxy) is 1. The molecule has 0 aromatic rings. The number of hydrogen-bond donors (Lipinski definition) is 1. The summed E-state index contributed by atoms with van der Waals surface area (Å²) in [5.41, 5.74) is 0. The standard InChI is InChI=1S/C5H11O5P/c1-8-5(6)4-11(7,9-2)10-3/h4,6H,1-3H3. The molecule has 0 heterocycles. The van der Waals surface area contributed by atoms with Crippen LogP contribution >= 0.6 is 7.60 Å². The zero-order valence-corrected chi connectivity index (χ0v) is 7.50. The minimum absolute atomic E-state index is 0.489. The molecule has 0 fully saturated rings. The Morgan fingerprint density at radius 3 is 2.09 bits per heavy atom. The van der Waals surface area contributed by atoms with E-state index in [1.807, 2.05) is 0 Å². The van der Waals surface area contributed by atoms with Gasteiger partial charge in [-0.05, 0) is 0 Å². The van der Waals surface area contributed by atoms with Crippen molar-refractivity contribution in [1.82, 2.24) is 0 Å². The van der Waals surface area contributed by atoms with Gasteiger partial charge in [0, 0.05) is 14.2 Å². The van der Waals surface area contributed by atoms with Crippen molar-refractivity contribution in [2.45, 2.75) is 0 Å². The van der Waals surface area contributed by atoms with E-state index < -0.39 is 13.5 Å². The molecule has 0 aliphatic rings. The van der Waals surface area contributed by atoms with Crippen LogP contribution in [-0.4, -0.2) is 26.4 Å². The molecule has 0 saturated carbocycles. The average Bonchev–Trinajstić information content (AvgIpc) is 2.04. The molecule has 0 radical (unpaired) electrons. The third kappa shape index (κ3) is 3.41. The van der Waals surface area contributed by atoms with Crippen molar-refractivity contribution in [3.05, 3.63) is 11.8 Å². The van der Waals surface area contributed by atoms with Crippen molar-refractivity contribution in [2.75, 3.05) is 21.3 Å². The Labute approximate surface area is 65.1 Å². The monoisotopic (exact) mass is 182 g/mol.